The molecule has 1 aromatic rings. The Morgan fingerprint density at radius 3 is 2.13 bits per heavy atom. The van der Waals surface area contributed by atoms with E-state index in [-0.39, 0.29) is 13.2 Å². The van der Waals surface area contributed by atoms with Crippen molar-refractivity contribution >= 4 is 29.7 Å². The van der Waals surface area contributed by atoms with Crippen molar-refractivity contribution < 1.29 is 33.3 Å². The number of hydrogen-bond donors (Lipinski definition) is 1. The molecule has 1 rings (SSSR count). The maximum Gasteiger partial charge on any atom is 0.303 e. The van der Waals surface area contributed by atoms with Crippen molar-refractivity contribution in [3.05, 3.63) is 35.9 Å². The first-order valence-electron chi connectivity index (χ1n) is 9.71. The lowest BCUT2D eigenvalue weighted by Crippen LogP contribution is -2.44. The predicted molar refractivity (Wildman–Crippen MR) is 114 cm³/mol. The molecule has 8 nitrogen and oxygen atoms in total. The summed E-state index contributed by atoms with van der Waals surface area (Å²) in [5.74, 6) is -0.772. The van der Waals surface area contributed by atoms with Gasteiger partial charge in [0.25, 0.3) is 0 Å². The summed E-state index contributed by atoms with van der Waals surface area (Å²) < 4.78 is 21.7. The van der Waals surface area contributed by atoms with Gasteiger partial charge in [0.05, 0.1) is 0 Å². The van der Waals surface area contributed by atoms with E-state index in [2.05, 4.69) is 0 Å². The first kappa shape index (κ1) is 25.9. The molecule has 1 aromatic carbocycles. The van der Waals surface area contributed by atoms with E-state index in [1.54, 1.807) is 6.92 Å². The second kappa shape index (κ2) is 14.0. The molecule has 0 spiro atoms. The second-order valence-corrected chi connectivity index (χ2v) is 7.86. The van der Waals surface area contributed by atoms with Crippen LogP contribution in [0.2, 0.25) is 0 Å². The number of hydrogen-bond acceptors (Lipinski definition) is 9. The smallest absolute Gasteiger partial charge is 0.303 e. The van der Waals surface area contributed by atoms with Crippen LogP contribution in [0.15, 0.2) is 30.3 Å². The van der Waals surface area contributed by atoms with E-state index in [1.165, 1.54) is 32.5 Å². The summed E-state index contributed by atoms with van der Waals surface area (Å²) in [6.45, 7) is 5.44. The van der Waals surface area contributed by atoms with Crippen molar-refractivity contribution in [3.63, 3.8) is 0 Å². The van der Waals surface area contributed by atoms with Crippen LogP contribution in [-0.4, -0.2) is 60.6 Å². The van der Waals surface area contributed by atoms with Gasteiger partial charge < -0.3 is 24.7 Å². The molecular formula is C21H31NO7S. The Kier molecular flexibility index (Phi) is 12.1. The van der Waals surface area contributed by atoms with Gasteiger partial charge >= 0.3 is 17.9 Å². The minimum absolute atomic E-state index is 0.0464. The molecule has 168 valence electrons. The van der Waals surface area contributed by atoms with Crippen molar-refractivity contribution in [3.8, 4) is 0 Å². The molecule has 0 heterocycles. The number of thioether (sulfide) groups is 1. The molecule has 2 unspecified atom stereocenters. The van der Waals surface area contributed by atoms with E-state index < -0.39 is 41.7 Å². The highest BCUT2D eigenvalue weighted by Gasteiger charge is 2.31. The third kappa shape index (κ3) is 10.6. The number of rotatable bonds is 13. The van der Waals surface area contributed by atoms with Gasteiger partial charge in [-0.15, -0.1) is 11.8 Å². The van der Waals surface area contributed by atoms with E-state index in [1.807, 2.05) is 30.3 Å². The van der Waals surface area contributed by atoms with Gasteiger partial charge in [0.15, 0.2) is 0 Å². The van der Waals surface area contributed by atoms with E-state index in [9.17, 15) is 14.4 Å². The van der Waals surface area contributed by atoms with Crippen LogP contribution in [-0.2, 0) is 39.8 Å². The van der Waals surface area contributed by atoms with E-state index in [4.69, 9.17) is 24.7 Å². The van der Waals surface area contributed by atoms with Crippen LogP contribution in [0.25, 0.3) is 0 Å². The molecule has 0 bridgehead atoms. The Morgan fingerprint density at radius 2 is 1.60 bits per heavy atom. The molecule has 9 heteroatoms. The summed E-state index contributed by atoms with van der Waals surface area (Å²) in [5, 5.41) is 0. The molecule has 30 heavy (non-hydrogen) atoms. The number of nitrogens with two attached hydrogens (primary N) is 1. The first-order chi connectivity index (χ1) is 14.2. The van der Waals surface area contributed by atoms with Gasteiger partial charge in [0.1, 0.15) is 30.4 Å². The Balaban J connectivity index is 2.91. The quantitative estimate of drug-likeness (QED) is 0.279. The van der Waals surface area contributed by atoms with Gasteiger partial charge in [-0.1, -0.05) is 30.3 Å². The summed E-state index contributed by atoms with van der Waals surface area (Å²) in [5.41, 5.74) is 6.34. The lowest BCUT2D eigenvalue weighted by molar-refractivity contribution is -0.169. The number of carbonyl (C=O) groups excluding carboxylic acids is 3. The number of aryl methyl sites for hydroxylation is 1. The average Bonchev–Trinajstić information content (AvgIpc) is 2.68. The molecule has 0 amide bonds. The average molecular weight is 442 g/mol. The van der Waals surface area contributed by atoms with Crippen LogP contribution in [0, 0.1) is 0 Å². The van der Waals surface area contributed by atoms with Crippen molar-refractivity contribution in [2.24, 2.45) is 5.73 Å². The maximum atomic E-state index is 11.5. The predicted octanol–water partition coefficient (Wildman–Crippen LogP) is 2.08. The fourth-order valence-electron chi connectivity index (χ4n) is 2.59. The minimum Gasteiger partial charge on any atom is -0.463 e. The third-order valence-electron chi connectivity index (χ3n) is 4.00. The monoisotopic (exact) mass is 441 g/mol. The van der Waals surface area contributed by atoms with Crippen molar-refractivity contribution in [1.29, 1.82) is 0 Å². The Morgan fingerprint density at radius 1 is 0.967 bits per heavy atom. The number of ether oxygens (including phenoxy) is 4. The van der Waals surface area contributed by atoms with E-state index in [0.717, 1.165) is 12.0 Å². The highest BCUT2D eigenvalue weighted by Crippen LogP contribution is 2.24. The lowest BCUT2D eigenvalue weighted by atomic mass is 10.2. The Labute approximate surface area is 181 Å². The van der Waals surface area contributed by atoms with Crippen LogP contribution in [0.3, 0.4) is 0 Å². The topological polar surface area (TPSA) is 114 Å². The fourth-order valence-corrected chi connectivity index (χ4v) is 3.78. The largest absolute Gasteiger partial charge is 0.463 e. The van der Waals surface area contributed by atoms with Crippen LogP contribution >= 0.6 is 11.8 Å². The molecule has 4 atom stereocenters. The van der Waals surface area contributed by atoms with Gasteiger partial charge in [0, 0.05) is 27.3 Å². The SMILES string of the molecule is CC(=O)OCC(OC(SCCc1ccccc1)[C@H](CN)OC(C)=O)[C@@H](C)OC(C)=O. The summed E-state index contributed by atoms with van der Waals surface area (Å²) in [7, 11) is 0. The zero-order valence-electron chi connectivity index (χ0n) is 17.9. The van der Waals surface area contributed by atoms with Crippen LogP contribution in [0.5, 0.6) is 0 Å². The normalized spacial score (nSPS) is 14.8. The molecule has 0 saturated carbocycles. The maximum absolute atomic E-state index is 11.5. The van der Waals surface area contributed by atoms with Gasteiger partial charge in [-0.3, -0.25) is 14.4 Å². The van der Waals surface area contributed by atoms with Crippen LogP contribution in [0.1, 0.15) is 33.3 Å². The van der Waals surface area contributed by atoms with E-state index >= 15 is 0 Å². The molecule has 0 aromatic heterocycles. The van der Waals surface area contributed by atoms with Crippen LogP contribution < -0.4 is 5.73 Å². The lowest BCUT2D eigenvalue weighted by Gasteiger charge is -2.31. The molecule has 2 N–H and O–H groups in total. The highest BCUT2D eigenvalue weighted by molar-refractivity contribution is 7.99. The molecule has 0 aliphatic carbocycles. The van der Waals surface area contributed by atoms with Gasteiger partial charge in [-0.05, 0) is 24.7 Å². The summed E-state index contributed by atoms with van der Waals surface area (Å²) in [4.78, 5) is 34.1. The number of benzene rings is 1. The van der Waals surface area contributed by atoms with E-state index in [0.29, 0.717) is 5.75 Å². The first-order valence-corrected chi connectivity index (χ1v) is 10.8. The molecule has 0 aliphatic heterocycles. The molecule has 0 aliphatic rings. The molecule has 0 saturated heterocycles. The van der Waals surface area contributed by atoms with Crippen molar-refractivity contribution in [2.75, 3.05) is 18.9 Å². The Hall–Kier alpha value is -2.10. The summed E-state index contributed by atoms with van der Waals surface area (Å²) >= 11 is 1.43. The standard InChI is InChI=1S/C21H31NO7S/c1-14(27-16(3)24)20(13-26-15(2)23)29-21(19(12-22)28-17(4)25)30-11-10-18-8-6-5-7-9-18/h5-9,14,19-21H,10-13,22H2,1-4H3/t14-,19+,20?,21?/m1/s1. The third-order valence-corrected chi connectivity index (χ3v) is 5.19. The zero-order valence-corrected chi connectivity index (χ0v) is 18.7. The second-order valence-electron chi connectivity index (χ2n) is 6.65. The molecule has 0 radical (unpaired) electrons. The van der Waals surface area contributed by atoms with Crippen molar-refractivity contribution in [1.82, 2.24) is 0 Å². The van der Waals surface area contributed by atoms with Gasteiger partial charge in [-0.25, -0.2) is 0 Å². The van der Waals surface area contributed by atoms with Crippen molar-refractivity contribution in [2.45, 2.75) is 57.9 Å². The van der Waals surface area contributed by atoms with Gasteiger partial charge in [-0.2, -0.15) is 0 Å². The highest BCUT2D eigenvalue weighted by atomic mass is 32.2. The fraction of sp³-hybridized carbons (Fsp3) is 0.571. The molecule has 0 fully saturated rings. The summed E-state index contributed by atoms with van der Waals surface area (Å²) in [6, 6.07) is 9.92. The van der Waals surface area contributed by atoms with Crippen LogP contribution in [0.4, 0.5) is 0 Å². The summed E-state index contributed by atoms with van der Waals surface area (Å²) in [6.07, 6.45) is -1.38. The zero-order chi connectivity index (χ0) is 22.5. The number of esters is 3. The van der Waals surface area contributed by atoms with Gasteiger partial charge in [0.2, 0.25) is 0 Å². The Bertz CT molecular complexity index is 671. The number of carbonyl (C=O) groups is 3. The molecular weight excluding hydrogens is 410 g/mol. The minimum atomic E-state index is -0.753.